The smallest absolute Gasteiger partial charge is 0.178 e. The van der Waals surface area contributed by atoms with Gasteiger partial charge in [0.15, 0.2) is 5.82 Å². The summed E-state index contributed by atoms with van der Waals surface area (Å²) in [6, 6.07) is 3.94. The van der Waals surface area contributed by atoms with E-state index in [9.17, 15) is 0 Å². The van der Waals surface area contributed by atoms with Gasteiger partial charge in [-0.25, -0.2) is 0 Å². The number of rotatable bonds is 3. The highest BCUT2D eigenvalue weighted by molar-refractivity contribution is 7.14. The fourth-order valence-corrected chi connectivity index (χ4v) is 1.59. The van der Waals surface area contributed by atoms with Crippen LogP contribution >= 0.6 is 11.3 Å². The lowest BCUT2D eigenvalue weighted by Gasteiger charge is -1.98. The van der Waals surface area contributed by atoms with Crippen molar-refractivity contribution < 1.29 is 4.52 Å². The van der Waals surface area contributed by atoms with Crippen molar-refractivity contribution in [3.05, 3.63) is 29.3 Å². The van der Waals surface area contributed by atoms with Crippen molar-refractivity contribution in [2.75, 3.05) is 5.32 Å². The highest BCUT2D eigenvalue weighted by atomic mass is 32.1. The van der Waals surface area contributed by atoms with E-state index < -0.39 is 0 Å². The quantitative estimate of drug-likeness (QED) is 0.785. The molecule has 2 aromatic rings. The fraction of sp³-hybridized carbons (Fsp3) is 0.125. The molecule has 3 N–H and O–H groups in total. The van der Waals surface area contributed by atoms with Crippen LogP contribution in [0.4, 0.5) is 10.8 Å². The zero-order chi connectivity index (χ0) is 9.10. The molecule has 2 rings (SSSR count). The van der Waals surface area contributed by atoms with Gasteiger partial charge in [0.25, 0.3) is 0 Å². The average molecular weight is 195 g/mol. The van der Waals surface area contributed by atoms with E-state index >= 15 is 0 Å². The van der Waals surface area contributed by atoms with Crippen molar-refractivity contribution in [3.63, 3.8) is 0 Å². The van der Waals surface area contributed by atoms with Crippen molar-refractivity contribution in [1.29, 1.82) is 0 Å². The molecule has 2 aromatic heterocycles. The maximum Gasteiger partial charge on any atom is 0.178 e. The molecule has 68 valence electrons. The minimum Gasteiger partial charge on any atom is -0.362 e. The Morgan fingerprint density at radius 1 is 1.62 bits per heavy atom. The van der Waals surface area contributed by atoms with Crippen molar-refractivity contribution in [1.82, 2.24) is 5.16 Å². The number of aromatic nitrogens is 1. The second-order valence-electron chi connectivity index (χ2n) is 2.49. The summed E-state index contributed by atoms with van der Waals surface area (Å²) in [4.78, 5) is 0. The lowest BCUT2D eigenvalue weighted by molar-refractivity contribution is 0.422. The number of hydrogen-bond acceptors (Lipinski definition) is 5. The monoisotopic (exact) mass is 195 g/mol. The molecule has 13 heavy (non-hydrogen) atoms. The molecule has 0 atom stereocenters. The van der Waals surface area contributed by atoms with Gasteiger partial charge in [-0.05, 0) is 17.5 Å². The maximum absolute atomic E-state index is 5.49. The number of anilines is 2. The molecule has 0 bridgehead atoms. The Kier molecular flexibility index (Phi) is 2.29. The summed E-state index contributed by atoms with van der Waals surface area (Å²) < 4.78 is 4.80. The largest absolute Gasteiger partial charge is 0.362 e. The first-order valence-electron chi connectivity index (χ1n) is 3.84. The average Bonchev–Trinajstić information content (AvgIpc) is 2.76. The van der Waals surface area contributed by atoms with E-state index in [-0.39, 0.29) is 0 Å². The molecular formula is C8H9N3OS. The normalized spacial score (nSPS) is 10.2. The SMILES string of the molecule is NCc1conc1Nc1cccs1. The van der Waals surface area contributed by atoms with E-state index in [0.717, 1.165) is 10.6 Å². The van der Waals surface area contributed by atoms with Crippen molar-refractivity contribution in [2.24, 2.45) is 5.73 Å². The molecule has 0 aliphatic carbocycles. The standard InChI is InChI=1S/C8H9N3OS/c9-4-6-5-12-11-8(6)10-7-2-1-3-13-7/h1-3,5H,4,9H2,(H,10,11). The van der Waals surface area contributed by atoms with Gasteiger partial charge < -0.3 is 15.6 Å². The summed E-state index contributed by atoms with van der Waals surface area (Å²) in [7, 11) is 0. The first-order valence-corrected chi connectivity index (χ1v) is 4.72. The van der Waals surface area contributed by atoms with Gasteiger partial charge in [0.1, 0.15) is 6.26 Å². The first kappa shape index (κ1) is 8.28. The van der Waals surface area contributed by atoms with E-state index in [1.165, 1.54) is 0 Å². The second kappa shape index (κ2) is 3.59. The Morgan fingerprint density at radius 2 is 2.54 bits per heavy atom. The van der Waals surface area contributed by atoms with Crippen LogP contribution in [0, 0.1) is 0 Å². The third kappa shape index (κ3) is 1.71. The molecule has 0 aliphatic heterocycles. The molecule has 0 spiro atoms. The molecule has 0 fully saturated rings. The Labute approximate surface area is 79.3 Å². The highest BCUT2D eigenvalue weighted by Crippen LogP contribution is 2.22. The third-order valence-corrected chi connectivity index (χ3v) is 2.41. The van der Waals surface area contributed by atoms with Crippen LogP contribution in [-0.2, 0) is 6.54 Å². The Bertz CT molecular complexity index is 368. The van der Waals surface area contributed by atoms with E-state index in [1.807, 2.05) is 17.5 Å². The van der Waals surface area contributed by atoms with E-state index in [4.69, 9.17) is 10.3 Å². The lowest BCUT2D eigenvalue weighted by Crippen LogP contribution is -1.98. The van der Waals surface area contributed by atoms with E-state index in [1.54, 1.807) is 17.6 Å². The minimum absolute atomic E-state index is 0.428. The Hall–Kier alpha value is -1.33. The van der Waals surface area contributed by atoms with Gasteiger partial charge in [-0.15, -0.1) is 11.3 Å². The summed E-state index contributed by atoms with van der Waals surface area (Å²) in [5, 5.41) is 9.94. The topological polar surface area (TPSA) is 64.1 Å². The van der Waals surface area contributed by atoms with Crippen molar-refractivity contribution in [2.45, 2.75) is 6.54 Å². The molecule has 5 heteroatoms. The second-order valence-corrected chi connectivity index (χ2v) is 3.44. The summed E-state index contributed by atoms with van der Waals surface area (Å²) in [5.41, 5.74) is 6.37. The summed E-state index contributed by atoms with van der Waals surface area (Å²) in [6.45, 7) is 0.428. The van der Waals surface area contributed by atoms with Crippen LogP contribution in [0.15, 0.2) is 28.3 Å². The van der Waals surface area contributed by atoms with Crippen LogP contribution in [0.3, 0.4) is 0 Å². The van der Waals surface area contributed by atoms with E-state index in [2.05, 4.69) is 10.5 Å². The van der Waals surface area contributed by atoms with Gasteiger partial charge in [-0.3, -0.25) is 0 Å². The van der Waals surface area contributed by atoms with Crippen LogP contribution in [0.1, 0.15) is 5.56 Å². The van der Waals surface area contributed by atoms with Crippen LogP contribution in [-0.4, -0.2) is 5.16 Å². The fourth-order valence-electron chi connectivity index (χ4n) is 0.971. The van der Waals surface area contributed by atoms with E-state index in [0.29, 0.717) is 12.4 Å². The predicted molar refractivity (Wildman–Crippen MR) is 52.0 cm³/mol. The highest BCUT2D eigenvalue weighted by Gasteiger charge is 2.05. The third-order valence-electron chi connectivity index (χ3n) is 1.63. The molecule has 0 saturated carbocycles. The van der Waals surface area contributed by atoms with Crippen LogP contribution in [0.5, 0.6) is 0 Å². The van der Waals surface area contributed by atoms with Gasteiger partial charge in [0, 0.05) is 12.1 Å². The summed E-state index contributed by atoms with van der Waals surface area (Å²) >= 11 is 1.61. The number of nitrogens with one attached hydrogen (secondary N) is 1. The number of nitrogens with zero attached hydrogens (tertiary/aromatic N) is 1. The minimum atomic E-state index is 0.428. The van der Waals surface area contributed by atoms with Crippen LogP contribution in [0.25, 0.3) is 0 Å². The molecular weight excluding hydrogens is 186 g/mol. The molecule has 2 heterocycles. The zero-order valence-corrected chi connectivity index (χ0v) is 7.67. The maximum atomic E-state index is 5.49. The molecule has 0 aliphatic rings. The van der Waals surface area contributed by atoms with Gasteiger partial charge in [0.05, 0.1) is 5.00 Å². The molecule has 0 saturated heterocycles. The Morgan fingerprint density at radius 3 is 3.23 bits per heavy atom. The number of nitrogens with two attached hydrogens (primary N) is 1. The van der Waals surface area contributed by atoms with Crippen molar-refractivity contribution >= 4 is 22.2 Å². The summed E-state index contributed by atoms with van der Waals surface area (Å²) in [6.07, 6.45) is 1.55. The molecule has 0 amide bonds. The lowest BCUT2D eigenvalue weighted by atomic mass is 10.3. The van der Waals surface area contributed by atoms with Gasteiger partial charge in [-0.2, -0.15) is 0 Å². The number of hydrogen-bond donors (Lipinski definition) is 2. The molecule has 0 aromatic carbocycles. The van der Waals surface area contributed by atoms with Gasteiger partial charge >= 0.3 is 0 Å². The zero-order valence-electron chi connectivity index (χ0n) is 6.86. The van der Waals surface area contributed by atoms with Gasteiger partial charge in [-0.1, -0.05) is 5.16 Å². The van der Waals surface area contributed by atoms with Crippen LogP contribution < -0.4 is 11.1 Å². The first-order chi connectivity index (χ1) is 6.40. The van der Waals surface area contributed by atoms with Gasteiger partial charge in [0.2, 0.25) is 0 Å². The molecule has 4 nitrogen and oxygen atoms in total. The van der Waals surface area contributed by atoms with Crippen LogP contribution in [0.2, 0.25) is 0 Å². The molecule has 0 radical (unpaired) electrons. The summed E-state index contributed by atoms with van der Waals surface area (Å²) in [5.74, 6) is 0.699. The Balaban J connectivity index is 2.18. The number of thiophene rings is 1. The van der Waals surface area contributed by atoms with Crippen molar-refractivity contribution in [3.8, 4) is 0 Å². The predicted octanol–water partition coefficient (Wildman–Crippen LogP) is 1.94. The molecule has 0 unspecified atom stereocenters.